The Balaban J connectivity index is 1.30. The molecule has 9 aromatic rings. The quantitative estimate of drug-likeness (QED) is 0.170. The first-order valence-electron chi connectivity index (χ1n) is 19.0. The number of fused-ring (bicyclic) bond motifs is 11. The van der Waals surface area contributed by atoms with Crippen molar-refractivity contribution in [3.8, 4) is 22.3 Å². The highest BCUT2D eigenvalue weighted by Crippen LogP contribution is 2.66. The molecule has 2 nitrogen and oxygen atoms in total. The van der Waals surface area contributed by atoms with Crippen LogP contribution in [0.1, 0.15) is 22.3 Å². The summed E-state index contributed by atoms with van der Waals surface area (Å²) in [6, 6.07) is 80.0. The van der Waals surface area contributed by atoms with Crippen molar-refractivity contribution in [3.63, 3.8) is 0 Å². The number of hydrogen-bond acceptors (Lipinski definition) is 2. The zero-order valence-corrected chi connectivity index (χ0v) is 30.2. The van der Waals surface area contributed by atoms with E-state index in [0.29, 0.717) is 0 Å². The minimum Gasteiger partial charge on any atom is -0.310 e. The summed E-state index contributed by atoms with van der Waals surface area (Å²) in [5, 5.41) is 2.44. The lowest BCUT2D eigenvalue weighted by molar-refractivity contribution is 0.794. The Morgan fingerprint density at radius 3 is 1.29 bits per heavy atom. The molecule has 0 radical (unpaired) electrons. The summed E-state index contributed by atoms with van der Waals surface area (Å²) in [7, 11) is 0. The lowest BCUT2D eigenvalue weighted by Crippen LogP contribution is -2.28. The second-order valence-electron chi connectivity index (χ2n) is 14.5. The number of benzene rings is 9. The Bertz CT molecular complexity index is 2790. The fourth-order valence-electron chi connectivity index (χ4n) is 9.46. The molecule has 1 atom stereocenters. The zero-order valence-electron chi connectivity index (χ0n) is 30.2. The topological polar surface area (TPSA) is 6.48 Å². The summed E-state index contributed by atoms with van der Waals surface area (Å²) < 4.78 is 0. The van der Waals surface area contributed by atoms with Crippen molar-refractivity contribution in [3.05, 3.63) is 241 Å². The molecule has 11 rings (SSSR count). The average Bonchev–Trinajstić information content (AvgIpc) is 3.72. The van der Waals surface area contributed by atoms with Gasteiger partial charge in [-0.05, 0) is 111 Å². The molecule has 258 valence electrons. The van der Waals surface area contributed by atoms with Gasteiger partial charge in [0, 0.05) is 39.4 Å². The predicted octanol–water partition coefficient (Wildman–Crippen LogP) is 14.1. The molecule has 0 heterocycles. The van der Waals surface area contributed by atoms with E-state index in [1.807, 2.05) is 0 Å². The lowest BCUT2D eigenvalue weighted by atomic mass is 9.69. The first kappa shape index (κ1) is 31.4. The Kier molecular flexibility index (Phi) is 7.11. The van der Waals surface area contributed by atoms with Gasteiger partial charge in [-0.3, -0.25) is 0 Å². The van der Waals surface area contributed by atoms with Crippen molar-refractivity contribution in [2.75, 3.05) is 9.80 Å². The van der Waals surface area contributed by atoms with E-state index in [1.54, 1.807) is 0 Å². The number of anilines is 6. The fraction of sp³-hybridized carbons (Fsp3) is 0.0189. The Labute approximate surface area is 321 Å². The van der Waals surface area contributed by atoms with Crippen LogP contribution in [-0.2, 0) is 5.41 Å². The van der Waals surface area contributed by atoms with Gasteiger partial charge >= 0.3 is 0 Å². The Hall–Kier alpha value is -7.16. The molecule has 1 unspecified atom stereocenters. The van der Waals surface area contributed by atoms with Gasteiger partial charge in [0.15, 0.2) is 0 Å². The van der Waals surface area contributed by atoms with Crippen LogP contribution >= 0.6 is 0 Å². The number of rotatable bonds is 6. The van der Waals surface area contributed by atoms with Crippen molar-refractivity contribution in [2.45, 2.75) is 5.41 Å². The highest BCUT2D eigenvalue weighted by atomic mass is 15.2. The van der Waals surface area contributed by atoms with Crippen LogP contribution in [0, 0.1) is 0 Å². The van der Waals surface area contributed by atoms with Gasteiger partial charge in [0.1, 0.15) is 0 Å². The Morgan fingerprint density at radius 2 is 0.727 bits per heavy atom. The molecule has 0 fully saturated rings. The number of para-hydroxylation sites is 4. The van der Waals surface area contributed by atoms with E-state index in [4.69, 9.17) is 0 Å². The Morgan fingerprint density at radius 1 is 0.291 bits per heavy atom. The maximum absolute atomic E-state index is 2.50. The molecule has 0 aliphatic heterocycles. The van der Waals surface area contributed by atoms with Crippen molar-refractivity contribution in [2.24, 2.45) is 0 Å². The van der Waals surface area contributed by atoms with E-state index in [-0.39, 0.29) is 0 Å². The van der Waals surface area contributed by atoms with Gasteiger partial charge in [0.05, 0.1) is 11.1 Å². The van der Waals surface area contributed by atoms with E-state index in [9.17, 15) is 0 Å². The molecule has 2 aliphatic carbocycles. The van der Waals surface area contributed by atoms with E-state index in [0.717, 1.165) is 28.4 Å². The summed E-state index contributed by atoms with van der Waals surface area (Å²) in [6.07, 6.45) is 0. The SMILES string of the molecule is c1ccc(N(c2ccccc2)c2ccc3c(c2)C2(c4ccccc4-3)c3ccccc3-c3cc4ccccc4c(N(c4ccccc4)c4ccccc4)c32)cc1. The highest BCUT2D eigenvalue weighted by molar-refractivity contribution is 6.10. The van der Waals surface area contributed by atoms with Gasteiger partial charge < -0.3 is 9.80 Å². The van der Waals surface area contributed by atoms with Crippen LogP contribution in [0.4, 0.5) is 34.1 Å². The van der Waals surface area contributed by atoms with Gasteiger partial charge in [-0.1, -0.05) is 152 Å². The third kappa shape index (κ3) is 4.62. The van der Waals surface area contributed by atoms with Crippen LogP contribution in [0.25, 0.3) is 33.0 Å². The van der Waals surface area contributed by atoms with E-state index < -0.39 is 5.41 Å². The third-order valence-electron chi connectivity index (χ3n) is 11.6. The summed E-state index contributed by atoms with van der Waals surface area (Å²) in [4.78, 5) is 4.89. The normalized spacial score (nSPS) is 14.6. The van der Waals surface area contributed by atoms with Gasteiger partial charge in [0.2, 0.25) is 0 Å². The first-order valence-corrected chi connectivity index (χ1v) is 19.0. The smallest absolute Gasteiger partial charge is 0.0747 e. The maximum Gasteiger partial charge on any atom is 0.0747 e. The number of hydrogen-bond donors (Lipinski definition) is 0. The van der Waals surface area contributed by atoms with E-state index >= 15 is 0 Å². The van der Waals surface area contributed by atoms with Gasteiger partial charge in [-0.15, -0.1) is 0 Å². The first-order chi connectivity index (χ1) is 27.3. The molecule has 0 saturated carbocycles. The van der Waals surface area contributed by atoms with Crippen molar-refractivity contribution < 1.29 is 0 Å². The molecule has 0 aromatic heterocycles. The molecule has 1 spiro atoms. The number of nitrogens with zero attached hydrogens (tertiary/aromatic N) is 2. The summed E-state index contributed by atoms with van der Waals surface area (Å²) in [5.41, 5.74) is 16.6. The molecule has 2 aliphatic rings. The summed E-state index contributed by atoms with van der Waals surface area (Å²) in [6.45, 7) is 0. The van der Waals surface area contributed by atoms with Crippen molar-refractivity contribution in [1.82, 2.24) is 0 Å². The van der Waals surface area contributed by atoms with Crippen molar-refractivity contribution in [1.29, 1.82) is 0 Å². The molecule has 0 saturated heterocycles. The second kappa shape index (κ2) is 12.5. The van der Waals surface area contributed by atoms with Crippen LogP contribution in [-0.4, -0.2) is 0 Å². The fourth-order valence-corrected chi connectivity index (χ4v) is 9.46. The monoisotopic (exact) mass is 700 g/mol. The van der Waals surface area contributed by atoms with Crippen LogP contribution < -0.4 is 9.80 Å². The maximum atomic E-state index is 2.50. The zero-order chi connectivity index (χ0) is 36.3. The van der Waals surface area contributed by atoms with E-state index in [1.165, 1.54) is 61.0 Å². The summed E-state index contributed by atoms with van der Waals surface area (Å²) in [5.74, 6) is 0. The van der Waals surface area contributed by atoms with Gasteiger partial charge in [0.25, 0.3) is 0 Å². The molecule has 0 amide bonds. The molecule has 0 N–H and O–H groups in total. The van der Waals surface area contributed by atoms with Crippen LogP contribution in [0.3, 0.4) is 0 Å². The van der Waals surface area contributed by atoms with Gasteiger partial charge in [-0.2, -0.15) is 0 Å². The molecule has 9 aromatic carbocycles. The molecule has 55 heavy (non-hydrogen) atoms. The van der Waals surface area contributed by atoms with Crippen LogP contribution in [0.2, 0.25) is 0 Å². The standard InChI is InChI=1S/C53H36N2/c1-5-20-38(21-6-1)54(39-22-7-2-8-23-39)42-33-34-46-44-29-15-17-31-48(44)53(50(46)36-42)49-32-18-16-30-45(49)47-35-37-19-13-14-28-43(37)52(51(47)53)55(40-24-9-3-10-25-40)41-26-11-4-12-27-41/h1-36H. The van der Waals surface area contributed by atoms with Crippen molar-refractivity contribution >= 4 is 44.9 Å². The highest BCUT2D eigenvalue weighted by Gasteiger charge is 2.54. The average molecular weight is 701 g/mol. The molecule has 2 heteroatoms. The molecular weight excluding hydrogens is 665 g/mol. The van der Waals surface area contributed by atoms with Crippen LogP contribution in [0.5, 0.6) is 0 Å². The predicted molar refractivity (Wildman–Crippen MR) is 230 cm³/mol. The largest absolute Gasteiger partial charge is 0.310 e. The third-order valence-corrected chi connectivity index (χ3v) is 11.6. The van der Waals surface area contributed by atoms with E-state index in [2.05, 4.69) is 228 Å². The summed E-state index contributed by atoms with van der Waals surface area (Å²) >= 11 is 0. The minimum absolute atomic E-state index is 0.603. The lowest BCUT2D eigenvalue weighted by Gasteiger charge is -2.37. The van der Waals surface area contributed by atoms with Gasteiger partial charge in [-0.25, -0.2) is 0 Å². The molecule has 0 bridgehead atoms. The van der Waals surface area contributed by atoms with Crippen LogP contribution in [0.15, 0.2) is 218 Å². The minimum atomic E-state index is -0.603. The molecular formula is C53H36N2. The second-order valence-corrected chi connectivity index (χ2v) is 14.5.